The molecule has 2 rings (SSSR count). The first kappa shape index (κ1) is 14.5. The molecule has 7 heteroatoms. The number of hydrogen-bond acceptors (Lipinski definition) is 5. The number of anilines is 1. The van der Waals surface area contributed by atoms with Crippen molar-refractivity contribution in [3.63, 3.8) is 0 Å². The summed E-state index contributed by atoms with van der Waals surface area (Å²) in [6.45, 7) is 2.56. The maximum absolute atomic E-state index is 13.8. The zero-order valence-corrected chi connectivity index (χ0v) is 11.3. The lowest BCUT2D eigenvalue weighted by Crippen LogP contribution is -2.33. The molecule has 1 heterocycles. The summed E-state index contributed by atoms with van der Waals surface area (Å²) in [5.41, 5.74) is -0.132. The number of nitrogens with zero attached hydrogens (tertiary/aromatic N) is 1. The molecular formula is C13H18FN3O3. The minimum Gasteiger partial charge on any atom is -0.490 e. The first-order valence-corrected chi connectivity index (χ1v) is 6.58. The van der Waals surface area contributed by atoms with Gasteiger partial charge in [-0.25, -0.2) is 4.39 Å². The van der Waals surface area contributed by atoms with Crippen LogP contribution in [-0.4, -0.2) is 31.7 Å². The quantitative estimate of drug-likeness (QED) is 0.639. The van der Waals surface area contributed by atoms with Gasteiger partial charge >= 0.3 is 5.69 Å². The van der Waals surface area contributed by atoms with Crippen molar-refractivity contribution in [3.8, 4) is 5.75 Å². The van der Waals surface area contributed by atoms with Crippen LogP contribution >= 0.6 is 0 Å². The van der Waals surface area contributed by atoms with Crippen LogP contribution in [0.25, 0.3) is 0 Å². The number of rotatable bonds is 5. The largest absolute Gasteiger partial charge is 0.490 e. The van der Waals surface area contributed by atoms with E-state index in [9.17, 15) is 14.5 Å². The van der Waals surface area contributed by atoms with Gasteiger partial charge in [-0.2, -0.15) is 0 Å². The van der Waals surface area contributed by atoms with E-state index < -0.39 is 10.7 Å². The molecule has 6 nitrogen and oxygen atoms in total. The highest BCUT2D eigenvalue weighted by molar-refractivity contribution is 5.59. The zero-order chi connectivity index (χ0) is 14.5. The fraction of sp³-hybridized carbons (Fsp3) is 0.538. The standard InChI is InChI=1S/C13H18FN3O3/c1-20-13-6-11(10(14)5-12(13)17(18)19)16-8-9-3-2-4-15-7-9/h5-6,9,15-16H,2-4,7-8H2,1H3. The normalized spacial score (nSPS) is 18.6. The molecule has 110 valence electrons. The Bertz CT molecular complexity index is 490. The molecular weight excluding hydrogens is 265 g/mol. The van der Waals surface area contributed by atoms with Gasteiger partial charge in [-0.1, -0.05) is 0 Å². The summed E-state index contributed by atoms with van der Waals surface area (Å²) in [5.74, 6) is -0.147. The average Bonchev–Trinajstić information content (AvgIpc) is 2.46. The van der Waals surface area contributed by atoms with Gasteiger partial charge < -0.3 is 15.4 Å². The van der Waals surface area contributed by atoms with Crippen LogP contribution in [-0.2, 0) is 0 Å². The molecule has 0 bridgehead atoms. The molecule has 1 atom stereocenters. The lowest BCUT2D eigenvalue weighted by Gasteiger charge is -2.23. The highest BCUT2D eigenvalue weighted by Gasteiger charge is 2.20. The van der Waals surface area contributed by atoms with E-state index in [0.717, 1.165) is 32.0 Å². The summed E-state index contributed by atoms with van der Waals surface area (Å²) in [6, 6.07) is 2.23. The zero-order valence-electron chi connectivity index (χ0n) is 11.3. The van der Waals surface area contributed by atoms with Crippen molar-refractivity contribution in [2.75, 3.05) is 32.1 Å². The number of piperidine rings is 1. The van der Waals surface area contributed by atoms with Gasteiger partial charge in [-0.15, -0.1) is 0 Å². The molecule has 0 saturated carbocycles. The number of benzene rings is 1. The maximum Gasteiger partial charge on any atom is 0.313 e. The summed E-state index contributed by atoms with van der Waals surface area (Å²) in [7, 11) is 1.33. The van der Waals surface area contributed by atoms with Crippen molar-refractivity contribution < 1.29 is 14.1 Å². The average molecular weight is 283 g/mol. The van der Waals surface area contributed by atoms with E-state index in [1.54, 1.807) is 0 Å². The van der Waals surface area contributed by atoms with Crippen molar-refractivity contribution >= 4 is 11.4 Å². The van der Waals surface area contributed by atoms with E-state index in [-0.39, 0.29) is 17.1 Å². The molecule has 1 aliphatic heterocycles. The molecule has 20 heavy (non-hydrogen) atoms. The summed E-state index contributed by atoms with van der Waals surface area (Å²) in [6.07, 6.45) is 2.20. The van der Waals surface area contributed by atoms with Gasteiger partial charge in [-0.3, -0.25) is 10.1 Å². The topological polar surface area (TPSA) is 76.4 Å². The predicted molar refractivity (Wildman–Crippen MR) is 73.7 cm³/mol. The lowest BCUT2D eigenvalue weighted by molar-refractivity contribution is -0.385. The van der Waals surface area contributed by atoms with Gasteiger partial charge in [-0.05, 0) is 31.8 Å². The van der Waals surface area contributed by atoms with E-state index in [4.69, 9.17) is 4.74 Å². The minimum absolute atomic E-state index is 0.0562. The summed E-state index contributed by atoms with van der Waals surface area (Å²) in [5, 5.41) is 17.1. The molecule has 0 spiro atoms. The molecule has 1 aromatic carbocycles. The Morgan fingerprint density at radius 2 is 2.40 bits per heavy atom. The third kappa shape index (κ3) is 3.36. The molecule has 2 N–H and O–H groups in total. The van der Waals surface area contributed by atoms with E-state index in [1.165, 1.54) is 13.2 Å². The Balaban J connectivity index is 2.09. The molecule has 1 saturated heterocycles. The van der Waals surface area contributed by atoms with E-state index in [1.807, 2.05) is 0 Å². The van der Waals surface area contributed by atoms with Gasteiger partial charge in [0, 0.05) is 12.6 Å². The minimum atomic E-state index is -0.656. The van der Waals surface area contributed by atoms with Crippen LogP contribution in [0, 0.1) is 21.8 Å². The van der Waals surface area contributed by atoms with Crippen LogP contribution in [0.1, 0.15) is 12.8 Å². The number of methoxy groups -OCH3 is 1. The Labute approximate surface area is 116 Å². The van der Waals surface area contributed by atoms with Crippen LogP contribution in [0.15, 0.2) is 12.1 Å². The van der Waals surface area contributed by atoms with E-state index >= 15 is 0 Å². The Hall–Kier alpha value is -1.89. The predicted octanol–water partition coefficient (Wildman–Crippen LogP) is 2.15. The molecule has 0 aliphatic carbocycles. The highest BCUT2D eigenvalue weighted by Crippen LogP contribution is 2.32. The van der Waals surface area contributed by atoms with Gasteiger partial charge in [0.25, 0.3) is 0 Å². The summed E-state index contributed by atoms with van der Waals surface area (Å²) >= 11 is 0. The van der Waals surface area contributed by atoms with Crippen LogP contribution in [0.5, 0.6) is 5.75 Å². The number of hydrogen-bond donors (Lipinski definition) is 2. The molecule has 1 aliphatic rings. The van der Waals surface area contributed by atoms with Gasteiger partial charge in [0.1, 0.15) is 0 Å². The van der Waals surface area contributed by atoms with Crippen molar-refractivity contribution in [1.29, 1.82) is 0 Å². The van der Waals surface area contributed by atoms with Crippen LogP contribution in [0.2, 0.25) is 0 Å². The molecule has 0 aromatic heterocycles. The van der Waals surface area contributed by atoms with E-state index in [0.29, 0.717) is 12.5 Å². The number of ether oxygens (including phenoxy) is 1. The molecule has 0 radical (unpaired) electrons. The Morgan fingerprint density at radius 1 is 1.60 bits per heavy atom. The van der Waals surface area contributed by atoms with E-state index in [2.05, 4.69) is 10.6 Å². The number of halogens is 1. The smallest absolute Gasteiger partial charge is 0.313 e. The second-order valence-corrected chi connectivity index (χ2v) is 4.85. The number of nitro groups is 1. The molecule has 1 aromatic rings. The van der Waals surface area contributed by atoms with Crippen molar-refractivity contribution in [1.82, 2.24) is 5.32 Å². The van der Waals surface area contributed by atoms with Gasteiger partial charge in [0.05, 0.1) is 23.8 Å². The molecule has 0 amide bonds. The van der Waals surface area contributed by atoms with Crippen molar-refractivity contribution in [3.05, 3.63) is 28.1 Å². The van der Waals surface area contributed by atoms with Gasteiger partial charge in [0.2, 0.25) is 0 Å². The molecule has 1 unspecified atom stereocenters. The van der Waals surface area contributed by atoms with Crippen molar-refractivity contribution in [2.24, 2.45) is 5.92 Å². The maximum atomic E-state index is 13.8. The summed E-state index contributed by atoms with van der Waals surface area (Å²) < 4.78 is 18.8. The third-order valence-electron chi connectivity index (χ3n) is 3.45. The fourth-order valence-corrected chi connectivity index (χ4v) is 2.34. The summed E-state index contributed by atoms with van der Waals surface area (Å²) in [4.78, 5) is 10.1. The first-order chi connectivity index (χ1) is 9.61. The SMILES string of the molecule is COc1cc(NCC2CCCNC2)c(F)cc1[N+](=O)[O-]. The second kappa shape index (κ2) is 6.51. The molecule has 1 fully saturated rings. The Morgan fingerprint density at radius 3 is 3.00 bits per heavy atom. The second-order valence-electron chi connectivity index (χ2n) is 4.85. The van der Waals surface area contributed by atoms with Crippen molar-refractivity contribution in [2.45, 2.75) is 12.8 Å². The number of nitro benzene ring substituents is 1. The monoisotopic (exact) mass is 283 g/mol. The van der Waals surface area contributed by atoms with Crippen LogP contribution < -0.4 is 15.4 Å². The fourth-order valence-electron chi connectivity index (χ4n) is 2.34. The first-order valence-electron chi connectivity index (χ1n) is 6.58. The van der Waals surface area contributed by atoms with Crippen LogP contribution in [0.3, 0.4) is 0 Å². The van der Waals surface area contributed by atoms with Crippen LogP contribution in [0.4, 0.5) is 15.8 Å². The Kier molecular flexibility index (Phi) is 4.73. The lowest BCUT2D eigenvalue weighted by atomic mass is 10.00. The third-order valence-corrected chi connectivity index (χ3v) is 3.45. The van der Waals surface area contributed by atoms with Gasteiger partial charge in [0.15, 0.2) is 11.6 Å². The highest BCUT2D eigenvalue weighted by atomic mass is 19.1. The number of nitrogens with one attached hydrogen (secondary N) is 2.